The maximum atomic E-state index is 10.9. The minimum absolute atomic E-state index is 0.281. The van der Waals surface area contributed by atoms with Crippen molar-refractivity contribution < 1.29 is 9.90 Å². The molecule has 0 aliphatic carbocycles. The zero-order chi connectivity index (χ0) is 13.7. The summed E-state index contributed by atoms with van der Waals surface area (Å²) in [5.74, 6) is -1.14. The second-order valence-corrected chi connectivity index (χ2v) is 5.26. The third-order valence-electron chi connectivity index (χ3n) is 2.99. The summed E-state index contributed by atoms with van der Waals surface area (Å²) in [5.41, 5.74) is 1.03. The van der Waals surface area contributed by atoms with Gasteiger partial charge in [-0.15, -0.1) is 0 Å². The van der Waals surface area contributed by atoms with Crippen molar-refractivity contribution in [2.75, 3.05) is 6.54 Å². The van der Waals surface area contributed by atoms with Crippen LogP contribution in [0, 0.1) is 5.92 Å². The summed E-state index contributed by atoms with van der Waals surface area (Å²) in [7, 11) is 0. The van der Waals surface area contributed by atoms with E-state index in [2.05, 4.69) is 18.7 Å². The Kier molecular flexibility index (Phi) is 5.63. The normalized spacial score (nSPS) is 13.0. The second kappa shape index (κ2) is 6.76. The zero-order valence-corrected chi connectivity index (χ0v) is 11.8. The molecule has 18 heavy (non-hydrogen) atoms. The molecule has 0 saturated carbocycles. The molecular weight excluding hydrogens is 250 g/mol. The van der Waals surface area contributed by atoms with Crippen LogP contribution in [0.2, 0.25) is 5.02 Å². The molecule has 1 atom stereocenters. The number of aliphatic carboxylic acids is 1. The summed E-state index contributed by atoms with van der Waals surface area (Å²) in [6.45, 7) is 7.05. The van der Waals surface area contributed by atoms with Crippen molar-refractivity contribution in [3.8, 4) is 0 Å². The van der Waals surface area contributed by atoms with E-state index in [1.807, 2.05) is 24.3 Å². The number of hydrogen-bond donors (Lipinski definition) is 1. The third-order valence-corrected chi connectivity index (χ3v) is 3.36. The molecule has 0 bridgehead atoms. The van der Waals surface area contributed by atoms with Crippen LogP contribution in [-0.2, 0) is 11.3 Å². The molecule has 0 aliphatic heterocycles. The largest absolute Gasteiger partial charge is 0.481 e. The Balaban J connectivity index is 2.75. The van der Waals surface area contributed by atoms with Crippen molar-refractivity contribution in [1.29, 1.82) is 0 Å². The second-order valence-electron chi connectivity index (χ2n) is 4.85. The van der Waals surface area contributed by atoms with E-state index in [4.69, 9.17) is 16.7 Å². The van der Waals surface area contributed by atoms with E-state index >= 15 is 0 Å². The molecule has 1 unspecified atom stereocenters. The molecule has 1 N–H and O–H groups in total. The number of carbonyl (C=O) groups is 1. The van der Waals surface area contributed by atoms with Crippen LogP contribution in [0.1, 0.15) is 26.3 Å². The predicted molar refractivity (Wildman–Crippen MR) is 73.8 cm³/mol. The van der Waals surface area contributed by atoms with Crippen molar-refractivity contribution in [2.24, 2.45) is 5.92 Å². The van der Waals surface area contributed by atoms with Gasteiger partial charge in [-0.05, 0) is 25.5 Å². The number of hydrogen-bond acceptors (Lipinski definition) is 2. The molecule has 0 heterocycles. The van der Waals surface area contributed by atoms with Crippen LogP contribution >= 0.6 is 11.6 Å². The highest BCUT2D eigenvalue weighted by atomic mass is 35.5. The van der Waals surface area contributed by atoms with Gasteiger partial charge in [-0.2, -0.15) is 0 Å². The van der Waals surface area contributed by atoms with Crippen molar-refractivity contribution in [3.63, 3.8) is 0 Å². The first-order chi connectivity index (χ1) is 8.41. The van der Waals surface area contributed by atoms with Gasteiger partial charge in [0.15, 0.2) is 0 Å². The molecule has 0 radical (unpaired) electrons. The zero-order valence-electron chi connectivity index (χ0n) is 11.1. The van der Waals surface area contributed by atoms with Gasteiger partial charge < -0.3 is 5.11 Å². The van der Waals surface area contributed by atoms with Crippen molar-refractivity contribution in [1.82, 2.24) is 4.90 Å². The number of carboxylic acids is 1. The van der Waals surface area contributed by atoms with Gasteiger partial charge in [0.1, 0.15) is 0 Å². The predicted octanol–water partition coefficient (Wildman–Crippen LogP) is 3.27. The van der Waals surface area contributed by atoms with Crippen LogP contribution < -0.4 is 0 Å². The molecule has 0 aromatic heterocycles. The Morgan fingerprint density at radius 1 is 1.33 bits per heavy atom. The Morgan fingerprint density at radius 3 is 2.44 bits per heavy atom. The van der Waals surface area contributed by atoms with Gasteiger partial charge in [0.05, 0.1) is 5.92 Å². The van der Waals surface area contributed by atoms with Gasteiger partial charge in [0.2, 0.25) is 0 Å². The molecule has 1 aromatic rings. The Hall–Kier alpha value is -1.06. The molecule has 100 valence electrons. The number of benzene rings is 1. The molecule has 0 aliphatic rings. The minimum atomic E-state index is -0.764. The van der Waals surface area contributed by atoms with Crippen LogP contribution in [0.4, 0.5) is 0 Å². The Labute approximate surface area is 113 Å². The van der Waals surface area contributed by atoms with Gasteiger partial charge in [-0.1, -0.05) is 36.7 Å². The smallest absolute Gasteiger partial charge is 0.307 e. The van der Waals surface area contributed by atoms with Crippen LogP contribution in [0.3, 0.4) is 0 Å². The quantitative estimate of drug-likeness (QED) is 0.862. The van der Waals surface area contributed by atoms with E-state index in [1.54, 1.807) is 6.92 Å². The van der Waals surface area contributed by atoms with E-state index in [9.17, 15) is 4.79 Å². The highest BCUT2D eigenvalue weighted by Gasteiger charge is 2.19. The number of carboxylic acid groups (broad SMARTS) is 1. The topological polar surface area (TPSA) is 40.5 Å². The summed E-state index contributed by atoms with van der Waals surface area (Å²) in [4.78, 5) is 13.0. The Bertz CT molecular complexity index is 407. The summed E-state index contributed by atoms with van der Waals surface area (Å²) in [5, 5.41) is 9.71. The molecule has 0 fully saturated rings. The SMILES string of the molecule is CC(CN(Cc1ccccc1Cl)C(C)C)C(=O)O. The molecule has 3 nitrogen and oxygen atoms in total. The van der Waals surface area contributed by atoms with Crippen LogP contribution in [0.15, 0.2) is 24.3 Å². The third kappa shape index (κ3) is 4.31. The van der Waals surface area contributed by atoms with E-state index in [0.717, 1.165) is 10.6 Å². The lowest BCUT2D eigenvalue weighted by Gasteiger charge is -2.28. The van der Waals surface area contributed by atoms with E-state index < -0.39 is 5.97 Å². The van der Waals surface area contributed by atoms with Crippen LogP contribution in [-0.4, -0.2) is 28.6 Å². The lowest BCUT2D eigenvalue weighted by Crippen LogP contribution is -2.36. The number of halogens is 1. The van der Waals surface area contributed by atoms with Crippen LogP contribution in [0.25, 0.3) is 0 Å². The fourth-order valence-electron chi connectivity index (χ4n) is 1.73. The maximum Gasteiger partial charge on any atom is 0.307 e. The minimum Gasteiger partial charge on any atom is -0.481 e. The summed E-state index contributed by atoms with van der Waals surface area (Å²) >= 11 is 6.13. The molecule has 4 heteroatoms. The highest BCUT2D eigenvalue weighted by Crippen LogP contribution is 2.19. The summed E-state index contributed by atoms with van der Waals surface area (Å²) < 4.78 is 0. The average Bonchev–Trinajstić information content (AvgIpc) is 2.30. The number of nitrogens with zero attached hydrogens (tertiary/aromatic N) is 1. The van der Waals surface area contributed by atoms with Crippen molar-refractivity contribution in [2.45, 2.75) is 33.4 Å². The van der Waals surface area contributed by atoms with E-state index in [1.165, 1.54) is 0 Å². The Morgan fingerprint density at radius 2 is 1.94 bits per heavy atom. The van der Waals surface area contributed by atoms with E-state index in [0.29, 0.717) is 13.1 Å². The highest BCUT2D eigenvalue weighted by molar-refractivity contribution is 6.31. The lowest BCUT2D eigenvalue weighted by atomic mass is 10.1. The van der Waals surface area contributed by atoms with Gasteiger partial charge in [0.25, 0.3) is 0 Å². The van der Waals surface area contributed by atoms with Crippen molar-refractivity contribution >= 4 is 17.6 Å². The van der Waals surface area contributed by atoms with Gasteiger partial charge in [0, 0.05) is 24.2 Å². The first-order valence-electron chi connectivity index (χ1n) is 6.12. The fourth-order valence-corrected chi connectivity index (χ4v) is 1.93. The fraction of sp³-hybridized carbons (Fsp3) is 0.500. The molecular formula is C14H20ClNO2. The summed E-state index contributed by atoms with van der Waals surface area (Å²) in [6.07, 6.45) is 0. The van der Waals surface area contributed by atoms with Crippen LogP contribution in [0.5, 0.6) is 0 Å². The maximum absolute atomic E-state index is 10.9. The van der Waals surface area contributed by atoms with Gasteiger partial charge >= 0.3 is 5.97 Å². The average molecular weight is 270 g/mol. The monoisotopic (exact) mass is 269 g/mol. The standard InChI is InChI=1S/C14H20ClNO2/c1-10(2)16(8-11(3)14(17)18)9-12-6-4-5-7-13(12)15/h4-7,10-11H,8-9H2,1-3H3,(H,17,18). The first kappa shape index (κ1) is 15.0. The summed E-state index contributed by atoms with van der Waals surface area (Å²) in [6, 6.07) is 7.95. The van der Waals surface area contributed by atoms with E-state index in [-0.39, 0.29) is 12.0 Å². The number of rotatable bonds is 6. The lowest BCUT2D eigenvalue weighted by molar-refractivity contribution is -0.141. The molecule has 0 spiro atoms. The van der Waals surface area contributed by atoms with Crippen molar-refractivity contribution in [3.05, 3.63) is 34.9 Å². The molecule has 1 aromatic carbocycles. The van der Waals surface area contributed by atoms with Gasteiger partial charge in [-0.3, -0.25) is 9.69 Å². The molecule has 0 amide bonds. The van der Waals surface area contributed by atoms with Gasteiger partial charge in [-0.25, -0.2) is 0 Å². The molecule has 1 rings (SSSR count). The molecule has 0 saturated heterocycles. The first-order valence-corrected chi connectivity index (χ1v) is 6.50.